The molecular weight excluding hydrogens is 320 g/mol. The number of furan rings is 1. The molecule has 0 spiro atoms. The van der Waals surface area contributed by atoms with Crippen LogP contribution in [0.3, 0.4) is 0 Å². The van der Waals surface area contributed by atoms with Crippen molar-refractivity contribution in [3.05, 3.63) is 59.5 Å². The van der Waals surface area contributed by atoms with Gasteiger partial charge in [0.05, 0.1) is 6.26 Å². The zero-order chi connectivity index (χ0) is 17.9. The summed E-state index contributed by atoms with van der Waals surface area (Å²) in [4.78, 5) is 26.5. The summed E-state index contributed by atoms with van der Waals surface area (Å²) in [5.41, 5.74) is 0.510. The molecule has 1 unspecified atom stereocenters. The van der Waals surface area contributed by atoms with Crippen molar-refractivity contribution in [1.29, 1.82) is 0 Å². The van der Waals surface area contributed by atoms with Crippen LogP contribution in [0.1, 0.15) is 34.5 Å². The highest BCUT2D eigenvalue weighted by molar-refractivity contribution is 5.97. The number of rotatable bonds is 5. The fourth-order valence-electron chi connectivity index (χ4n) is 3.33. The van der Waals surface area contributed by atoms with Gasteiger partial charge in [-0.1, -0.05) is 30.3 Å². The third-order valence-corrected chi connectivity index (χ3v) is 4.65. The summed E-state index contributed by atoms with van der Waals surface area (Å²) >= 11 is 0. The Kier molecular flexibility index (Phi) is 4.90. The van der Waals surface area contributed by atoms with Crippen LogP contribution in [0.5, 0.6) is 0 Å². The molecule has 25 heavy (non-hydrogen) atoms. The molecule has 6 nitrogen and oxygen atoms in total. The Hall–Kier alpha value is -2.60. The Labute approximate surface area is 146 Å². The molecule has 0 bridgehead atoms. The number of carboxylic acids is 1. The fourth-order valence-corrected chi connectivity index (χ4v) is 3.33. The van der Waals surface area contributed by atoms with E-state index in [0.29, 0.717) is 24.9 Å². The van der Waals surface area contributed by atoms with Gasteiger partial charge in [0.25, 0.3) is 5.91 Å². The van der Waals surface area contributed by atoms with Crippen molar-refractivity contribution in [3.63, 3.8) is 0 Å². The van der Waals surface area contributed by atoms with Crippen LogP contribution in [0.15, 0.2) is 47.1 Å². The Morgan fingerprint density at radius 2 is 2.04 bits per heavy atom. The first-order chi connectivity index (χ1) is 12.0. The number of aryl methyl sites for hydroxylation is 1. The molecule has 1 aliphatic rings. The highest BCUT2D eigenvalue weighted by Crippen LogP contribution is 2.24. The van der Waals surface area contributed by atoms with Crippen LogP contribution in [-0.2, 0) is 11.3 Å². The fraction of sp³-hybridized carbons (Fsp3) is 0.368. The molecule has 0 radical (unpaired) electrons. The summed E-state index contributed by atoms with van der Waals surface area (Å²) in [5, 5.41) is 12.5. The minimum absolute atomic E-state index is 0.167. The first-order valence-corrected chi connectivity index (χ1v) is 8.36. The number of nitrogens with zero attached hydrogens (tertiary/aromatic N) is 1. The number of likely N-dealkylation sites (tertiary alicyclic amines) is 1. The summed E-state index contributed by atoms with van der Waals surface area (Å²) in [5.74, 6) is -1.32. The van der Waals surface area contributed by atoms with Gasteiger partial charge in [0.1, 0.15) is 0 Å². The Morgan fingerprint density at radius 1 is 1.28 bits per heavy atom. The normalized spacial score (nSPS) is 21.0. The van der Waals surface area contributed by atoms with E-state index < -0.39 is 17.4 Å². The molecule has 2 aromatic rings. The number of carbonyl (C=O) groups is 2. The first-order valence-electron chi connectivity index (χ1n) is 8.36. The van der Waals surface area contributed by atoms with Crippen LogP contribution in [0.4, 0.5) is 0 Å². The van der Waals surface area contributed by atoms with E-state index in [4.69, 9.17) is 4.42 Å². The van der Waals surface area contributed by atoms with Gasteiger partial charge in [0.15, 0.2) is 11.3 Å². The van der Waals surface area contributed by atoms with Crippen LogP contribution in [0.2, 0.25) is 0 Å². The van der Waals surface area contributed by atoms with Crippen molar-refractivity contribution in [3.8, 4) is 0 Å². The highest BCUT2D eigenvalue weighted by atomic mass is 16.4. The largest absolute Gasteiger partial charge is 0.479 e. The zero-order valence-corrected chi connectivity index (χ0v) is 14.2. The van der Waals surface area contributed by atoms with Gasteiger partial charge in [-0.05, 0) is 37.9 Å². The van der Waals surface area contributed by atoms with E-state index in [0.717, 1.165) is 12.1 Å². The summed E-state index contributed by atoms with van der Waals surface area (Å²) < 4.78 is 5.20. The van der Waals surface area contributed by atoms with E-state index in [2.05, 4.69) is 10.2 Å². The Balaban J connectivity index is 1.76. The zero-order valence-electron chi connectivity index (χ0n) is 14.2. The molecule has 2 heterocycles. The van der Waals surface area contributed by atoms with Crippen LogP contribution in [0.25, 0.3) is 0 Å². The van der Waals surface area contributed by atoms with E-state index in [1.165, 1.54) is 6.26 Å². The minimum Gasteiger partial charge on any atom is -0.479 e. The number of carbonyl (C=O) groups excluding carboxylic acids is 1. The predicted octanol–water partition coefficient (Wildman–Crippen LogP) is 2.44. The second-order valence-corrected chi connectivity index (χ2v) is 6.57. The second-order valence-electron chi connectivity index (χ2n) is 6.57. The number of nitrogens with one attached hydrogen (secondary N) is 1. The van der Waals surface area contributed by atoms with E-state index in [9.17, 15) is 14.7 Å². The SMILES string of the molecule is Cc1ccoc1C(=O)NC1(C(=O)O)CCCN(Cc2ccccc2)C1. The van der Waals surface area contributed by atoms with Gasteiger partial charge in [-0.3, -0.25) is 9.69 Å². The highest BCUT2D eigenvalue weighted by Gasteiger charge is 2.44. The van der Waals surface area contributed by atoms with Crippen LogP contribution in [-0.4, -0.2) is 40.5 Å². The van der Waals surface area contributed by atoms with Gasteiger partial charge in [-0.2, -0.15) is 0 Å². The number of piperidine rings is 1. The lowest BCUT2D eigenvalue weighted by molar-refractivity contribution is -0.147. The molecule has 1 fully saturated rings. The number of hydrogen-bond donors (Lipinski definition) is 2. The predicted molar refractivity (Wildman–Crippen MR) is 92.2 cm³/mol. The number of aliphatic carboxylic acids is 1. The molecule has 1 amide bonds. The average Bonchev–Trinajstić information content (AvgIpc) is 3.02. The first kappa shape index (κ1) is 17.2. The van der Waals surface area contributed by atoms with Gasteiger partial charge in [0.2, 0.25) is 0 Å². The lowest BCUT2D eigenvalue weighted by Crippen LogP contribution is -2.63. The molecule has 3 rings (SSSR count). The topological polar surface area (TPSA) is 82.8 Å². The van der Waals surface area contributed by atoms with Crippen LogP contribution in [0, 0.1) is 6.92 Å². The van der Waals surface area contributed by atoms with Gasteiger partial charge in [-0.15, -0.1) is 0 Å². The van der Waals surface area contributed by atoms with Gasteiger partial charge in [-0.25, -0.2) is 4.79 Å². The summed E-state index contributed by atoms with van der Waals surface area (Å²) in [7, 11) is 0. The molecule has 2 N–H and O–H groups in total. The second kappa shape index (κ2) is 7.11. The molecule has 0 saturated carbocycles. The van der Waals surface area contributed by atoms with Crippen molar-refractivity contribution in [1.82, 2.24) is 10.2 Å². The summed E-state index contributed by atoms with van der Waals surface area (Å²) in [6.07, 6.45) is 2.54. The maximum absolute atomic E-state index is 12.5. The molecule has 1 saturated heterocycles. The smallest absolute Gasteiger partial charge is 0.330 e. The standard InChI is InChI=1S/C19H22N2O4/c1-14-8-11-25-16(14)17(22)20-19(18(23)24)9-5-10-21(13-19)12-15-6-3-2-4-7-15/h2-4,6-8,11H,5,9-10,12-13H2,1H3,(H,20,22)(H,23,24). The molecule has 132 valence electrons. The van der Waals surface area contributed by atoms with Crippen molar-refractivity contribution in [2.24, 2.45) is 0 Å². The van der Waals surface area contributed by atoms with Crippen molar-refractivity contribution in [2.45, 2.75) is 31.8 Å². The average molecular weight is 342 g/mol. The molecular formula is C19H22N2O4. The van der Waals surface area contributed by atoms with E-state index in [1.54, 1.807) is 13.0 Å². The summed E-state index contributed by atoms with van der Waals surface area (Å²) in [6, 6.07) is 11.6. The number of benzene rings is 1. The third-order valence-electron chi connectivity index (χ3n) is 4.65. The van der Waals surface area contributed by atoms with E-state index >= 15 is 0 Å². The van der Waals surface area contributed by atoms with Crippen molar-refractivity contribution < 1.29 is 19.1 Å². The molecule has 1 aliphatic heterocycles. The molecule has 1 aromatic carbocycles. The molecule has 0 aliphatic carbocycles. The van der Waals surface area contributed by atoms with Crippen LogP contribution >= 0.6 is 0 Å². The number of hydrogen-bond acceptors (Lipinski definition) is 4. The van der Waals surface area contributed by atoms with Gasteiger partial charge in [0, 0.05) is 18.7 Å². The van der Waals surface area contributed by atoms with Crippen molar-refractivity contribution >= 4 is 11.9 Å². The minimum atomic E-state index is -1.30. The maximum atomic E-state index is 12.5. The third kappa shape index (κ3) is 3.74. The lowest BCUT2D eigenvalue weighted by atomic mass is 9.88. The Morgan fingerprint density at radius 3 is 2.68 bits per heavy atom. The number of amides is 1. The summed E-state index contributed by atoms with van der Waals surface area (Å²) in [6.45, 7) is 3.49. The van der Waals surface area contributed by atoms with Gasteiger partial charge >= 0.3 is 5.97 Å². The Bertz CT molecular complexity index is 756. The van der Waals surface area contributed by atoms with E-state index in [-0.39, 0.29) is 12.3 Å². The van der Waals surface area contributed by atoms with Crippen LogP contribution < -0.4 is 5.32 Å². The monoisotopic (exact) mass is 342 g/mol. The van der Waals surface area contributed by atoms with Gasteiger partial charge < -0.3 is 14.8 Å². The molecule has 6 heteroatoms. The van der Waals surface area contributed by atoms with E-state index in [1.807, 2.05) is 30.3 Å². The maximum Gasteiger partial charge on any atom is 0.330 e. The lowest BCUT2D eigenvalue weighted by Gasteiger charge is -2.40. The quantitative estimate of drug-likeness (QED) is 0.872. The molecule has 1 aromatic heterocycles. The molecule has 1 atom stereocenters. The number of carboxylic acid groups (broad SMARTS) is 1. The van der Waals surface area contributed by atoms with Crippen molar-refractivity contribution in [2.75, 3.05) is 13.1 Å².